The smallest absolute Gasteiger partial charge is 0.230 e. The highest BCUT2D eigenvalue weighted by atomic mass is 16.6. The lowest BCUT2D eigenvalue weighted by atomic mass is 9.81. The number of oxime groups is 1. The van der Waals surface area contributed by atoms with Crippen molar-refractivity contribution in [1.82, 2.24) is 0 Å². The Labute approximate surface area is 151 Å². The molecule has 0 aromatic heterocycles. The fourth-order valence-corrected chi connectivity index (χ4v) is 4.17. The molecule has 1 aromatic rings. The standard InChI is InChI=1S/C21H29N2O2/c1-16-8-10-17(11-9-16)21(24)23(19-6-4-3-5-7-19)20-14-12-18(13-15-20)22-25-2/h3-4,6-7,16-17,20H,8-15H2,1-2H3. The number of amides is 1. The first kappa shape index (κ1) is 18.0. The number of rotatable bonds is 4. The number of nitrogens with zero attached hydrogens (tertiary/aromatic N) is 2. The maximum Gasteiger partial charge on any atom is 0.230 e. The number of carbonyl (C=O) groups excluding carboxylic acids is 1. The van der Waals surface area contributed by atoms with Crippen LogP contribution >= 0.6 is 0 Å². The molecule has 0 unspecified atom stereocenters. The van der Waals surface area contributed by atoms with E-state index in [1.54, 1.807) is 7.11 Å². The molecule has 2 aliphatic carbocycles. The molecule has 2 saturated carbocycles. The molecule has 0 aliphatic heterocycles. The Kier molecular flexibility index (Phi) is 6.11. The predicted octanol–water partition coefficient (Wildman–Crippen LogP) is 4.59. The lowest BCUT2D eigenvalue weighted by Crippen LogP contribution is -2.46. The third kappa shape index (κ3) is 4.42. The van der Waals surface area contributed by atoms with Gasteiger partial charge in [0.2, 0.25) is 5.91 Å². The van der Waals surface area contributed by atoms with Gasteiger partial charge in [-0.3, -0.25) is 4.79 Å². The average molecular weight is 341 g/mol. The van der Waals surface area contributed by atoms with E-state index in [2.05, 4.69) is 23.0 Å². The van der Waals surface area contributed by atoms with Gasteiger partial charge >= 0.3 is 0 Å². The molecule has 4 heteroatoms. The van der Waals surface area contributed by atoms with Crippen molar-refractivity contribution >= 4 is 17.3 Å². The quantitative estimate of drug-likeness (QED) is 0.752. The number of hydrogen-bond acceptors (Lipinski definition) is 3. The van der Waals surface area contributed by atoms with Crippen LogP contribution in [0.2, 0.25) is 0 Å². The van der Waals surface area contributed by atoms with E-state index in [1.807, 2.05) is 24.3 Å². The minimum Gasteiger partial charge on any atom is -0.399 e. The van der Waals surface area contributed by atoms with Crippen LogP contribution in [0.25, 0.3) is 0 Å². The van der Waals surface area contributed by atoms with Crippen molar-refractivity contribution in [3.63, 3.8) is 0 Å². The summed E-state index contributed by atoms with van der Waals surface area (Å²) < 4.78 is 0. The fourth-order valence-electron chi connectivity index (χ4n) is 4.17. The van der Waals surface area contributed by atoms with Gasteiger partial charge in [0, 0.05) is 17.6 Å². The Morgan fingerprint density at radius 2 is 1.92 bits per heavy atom. The Morgan fingerprint density at radius 3 is 2.52 bits per heavy atom. The summed E-state index contributed by atoms with van der Waals surface area (Å²) in [7, 11) is 1.60. The minimum atomic E-state index is 0.172. The molecule has 2 aliphatic rings. The Hall–Kier alpha value is -1.84. The molecular formula is C21H29N2O2. The molecule has 1 amide bonds. The van der Waals surface area contributed by atoms with Crippen LogP contribution in [0.4, 0.5) is 5.69 Å². The summed E-state index contributed by atoms with van der Waals surface area (Å²) in [6.45, 7) is 2.29. The fraction of sp³-hybridized carbons (Fsp3) is 0.619. The highest BCUT2D eigenvalue weighted by molar-refractivity contribution is 5.96. The van der Waals surface area contributed by atoms with Gasteiger partial charge in [-0.25, -0.2) is 0 Å². The van der Waals surface area contributed by atoms with Crippen LogP contribution in [0.3, 0.4) is 0 Å². The van der Waals surface area contributed by atoms with Crippen LogP contribution < -0.4 is 4.90 Å². The summed E-state index contributed by atoms with van der Waals surface area (Å²) in [4.78, 5) is 20.4. The lowest BCUT2D eigenvalue weighted by Gasteiger charge is -2.38. The molecule has 4 nitrogen and oxygen atoms in total. The van der Waals surface area contributed by atoms with E-state index >= 15 is 0 Å². The van der Waals surface area contributed by atoms with Gasteiger partial charge in [0.15, 0.2) is 0 Å². The van der Waals surface area contributed by atoms with Gasteiger partial charge in [0.05, 0.1) is 5.71 Å². The molecule has 25 heavy (non-hydrogen) atoms. The largest absolute Gasteiger partial charge is 0.399 e. The maximum absolute atomic E-state index is 13.4. The Morgan fingerprint density at radius 1 is 1.20 bits per heavy atom. The van der Waals surface area contributed by atoms with Crippen molar-refractivity contribution in [2.24, 2.45) is 17.0 Å². The lowest BCUT2D eigenvalue weighted by molar-refractivity contribution is -0.124. The summed E-state index contributed by atoms with van der Waals surface area (Å²) in [5.74, 6) is 1.24. The molecule has 0 N–H and O–H groups in total. The SMILES string of the molecule is CON=C1CCC(N(C(=O)C2CCC(C)CC2)c2c[c]ccc2)CC1. The summed E-state index contributed by atoms with van der Waals surface area (Å²) >= 11 is 0. The summed E-state index contributed by atoms with van der Waals surface area (Å²) in [6, 6.07) is 11.2. The van der Waals surface area contributed by atoms with E-state index in [-0.39, 0.29) is 12.0 Å². The van der Waals surface area contributed by atoms with E-state index in [4.69, 9.17) is 4.84 Å². The Balaban J connectivity index is 1.77. The molecular weight excluding hydrogens is 312 g/mol. The second kappa shape index (κ2) is 8.50. The third-order valence-corrected chi connectivity index (χ3v) is 5.69. The first-order chi connectivity index (χ1) is 12.2. The van der Waals surface area contributed by atoms with Crippen molar-refractivity contribution in [3.05, 3.63) is 30.3 Å². The number of hydrogen-bond donors (Lipinski definition) is 0. The van der Waals surface area contributed by atoms with Crippen LogP contribution in [-0.4, -0.2) is 24.8 Å². The zero-order chi connectivity index (χ0) is 17.6. The van der Waals surface area contributed by atoms with Gasteiger partial charge < -0.3 is 9.74 Å². The maximum atomic E-state index is 13.4. The van der Waals surface area contributed by atoms with Gasteiger partial charge in [-0.05, 0) is 75.5 Å². The molecule has 0 saturated heterocycles. The van der Waals surface area contributed by atoms with Gasteiger partial charge in [0.1, 0.15) is 7.11 Å². The normalized spacial score (nSPS) is 26.8. The van der Waals surface area contributed by atoms with Crippen molar-refractivity contribution in [2.45, 2.75) is 64.3 Å². The number of anilines is 1. The van der Waals surface area contributed by atoms with Crippen LogP contribution in [0.1, 0.15) is 58.3 Å². The van der Waals surface area contributed by atoms with E-state index in [0.29, 0.717) is 5.91 Å². The summed E-state index contributed by atoms with van der Waals surface area (Å²) in [6.07, 6.45) is 8.09. The predicted molar refractivity (Wildman–Crippen MR) is 101 cm³/mol. The minimum absolute atomic E-state index is 0.172. The Bertz CT molecular complexity index is 581. The monoisotopic (exact) mass is 341 g/mol. The van der Waals surface area contributed by atoms with Crippen molar-refractivity contribution < 1.29 is 9.63 Å². The molecule has 0 bridgehead atoms. The van der Waals surface area contributed by atoms with Gasteiger partial charge in [-0.15, -0.1) is 0 Å². The molecule has 1 radical (unpaired) electrons. The van der Waals surface area contributed by atoms with Crippen LogP contribution in [0.15, 0.2) is 29.4 Å². The van der Waals surface area contributed by atoms with Gasteiger partial charge in [0.25, 0.3) is 0 Å². The van der Waals surface area contributed by atoms with E-state index < -0.39 is 0 Å². The van der Waals surface area contributed by atoms with Crippen LogP contribution in [0, 0.1) is 17.9 Å². The van der Waals surface area contributed by atoms with Crippen molar-refractivity contribution in [2.75, 3.05) is 12.0 Å². The molecule has 135 valence electrons. The summed E-state index contributed by atoms with van der Waals surface area (Å²) in [5.41, 5.74) is 2.10. The average Bonchev–Trinajstić information content (AvgIpc) is 2.65. The highest BCUT2D eigenvalue weighted by Gasteiger charge is 2.34. The molecule has 0 atom stereocenters. The molecule has 1 aromatic carbocycles. The summed E-state index contributed by atoms with van der Waals surface area (Å²) in [5, 5.41) is 4.10. The molecule has 0 spiro atoms. The van der Waals surface area contributed by atoms with Crippen LogP contribution in [0.5, 0.6) is 0 Å². The third-order valence-electron chi connectivity index (χ3n) is 5.69. The first-order valence-electron chi connectivity index (χ1n) is 9.57. The van der Waals surface area contributed by atoms with E-state index in [9.17, 15) is 4.79 Å². The van der Waals surface area contributed by atoms with Crippen molar-refractivity contribution in [1.29, 1.82) is 0 Å². The molecule has 3 rings (SSSR count). The number of benzene rings is 1. The molecule has 2 fully saturated rings. The highest BCUT2D eigenvalue weighted by Crippen LogP contribution is 2.34. The van der Waals surface area contributed by atoms with E-state index in [1.165, 1.54) is 12.8 Å². The van der Waals surface area contributed by atoms with Gasteiger partial charge in [-0.2, -0.15) is 0 Å². The van der Waals surface area contributed by atoms with Gasteiger partial charge in [-0.1, -0.05) is 24.2 Å². The van der Waals surface area contributed by atoms with E-state index in [0.717, 1.165) is 55.8 Å². The topological polar surface area (TPSA) is 41.9 Å². The first-order valence-corrected chi connectivity index (χ1v) is 9.57. The number of carbonyl (C=O) groups is 1. The second-order valence-corrected chi connectivity index (χ2v) is 7.50. The second-order valence-electron chi connectivity index (χ2n) is 7.50. The zero-order valence-electron chi connectivity index (χ0n) is 15.4. The van der Waals surface area contributed by atoms with Crippen LogP contribution in [-0.2, 0) is 9.63 Å². The molecule has 0 heterocycles. The zero-order valence-corrected chi connectivity index (χ0v) is 15.4. The van der Waals surface area contributed by atoms with Crippen molar-refractivity contribution in [3.8, 4) is 0 Å².